The monoisotopic (exact) mass is 236 g/mol. The number of rotatable bonds is 3. The average molecular weight is 236 g/mol. The number of hydrogen-bond acceptors (Lipinski definition) is 3. The van der Waals surface area contributed by atoms with Crippen molar-refractivity contribution in [2.24, 2.45) is 0 Å². The molecule has 1 fully saturated rings. The van der Waals surface area contributed by atoms with Gasteiger partial charge in [0.1, 0.15) is 5.82 Å². The number of carbonyl (C=O) groups excluding carboxylic acids is 1. The third kappa shape index (κ3) is 2.47. The molecule has 92 valence electrons. The number of benzene rings is 1. The highest BCUT2D eigenvalue weighted by atomic mass is 19.1. The van der Waals surface area contributed by atoms with Crippen LogP contribution in [0.2, 0.25) is 0 Å². The van der Waals surface area contributed by atoms with Crippen LogP contribution >= 0.6 is 0 Å². The quantitative estimate of drug-likeness (QED) is 0.747. The van der Waals surface area contributed by atoms with Gasteiger partial charge in [0, 0.05) is 30.4 Å². The summed E-state index contributed by atoms with van der Waals surface area (Å²) in [4.78, 5) is 15.3. The molecule has 1 aromatic carbocycles. The lowest BCUT2D eigenvalue weighted by Gasteiger charge is -2.22. The third-order valence-corrected chi connectivity index (χ3v) is 3.35. The van der Waals surface area contributed by atoms with Crippen LogP contribution in [0.15, 0.2) is 18.2 Å². The number of hydrogen-bond donors (Lipinski definition) is 0. The minimum absolute atomic E-state index is 0.362. The van der Waals surface area contributed by atoms with Gasteiger partial charge < -0.3 is 9.80 Å². The molecule has 0 aliphatic carbocycles. The summed E-state index contributed by atoms with van der Waals surface area (Å²) >= 11 is 0. The fourth-order valence-corrected chi connectivity index (χ4v) is 2.29. The number of nitrogens with zero attached hydrogens (tertiary/aromatic N) is 2. The molecule has 0 saturated carbocycles. The van der Waals surface area contributed by atoms with Crippen LogP contribution in [0.25, 0.3) is 0 Å². The first-order chi connectivity index (χ1) is 8.11. The zero-order valence-electron chi connectivity index (χ0n) is 10.2. The van der Waals surface area contributed by atoms with Gasteiger partial charge in [-0.15, -0.1) is 0 Å². The minimum Gasteiger partial charge on any atom is -0.369 e. The molecule has 2 rings (SSSR count). The summed E-state index contributed by atoms with van der Waals surface area (Å²) in [5.74, 6) is -0.362. The van der Waals surface area contributed by atoms with Crippen molar-refractivity contribution in [3.8, 4) is 0 Å². The Morgan fingerprint density at radius 2 is 2.24 bits per heavy atom. The van der Waals surface area contributed by atoms with E-state index in [-0.39, 0.29) is 5.82 Å². The Kier molecular flexibility index (Phi) is 3.43. The molecule has 0 N–H and O–H groups in total. The van der Waals surface area contributed by atoms with Crippen LogP contribution in [-0.2, 0) is 0 Å². The Balaban J connectivity index is 2.21. The predicted molar refractivity (Wildman–Crippen MR) is 66.1 cm³/mol. The molecule has 1 aliphatic heterocycles. The van der Waals surface area contributed by atoms with Gasteiger partial charge in [-0.25, -0.2) is 4.39 Å². The van der Waals surface area contributed by atoms with E-state index in [0.29, 0.717) is 11.6 Å². The molecule has 0 unspecified atom stereocenters. The molecular weight excluding hydrogens is 219 g/mol. The van der Waals surface area contributed by atoms with E-state index < -0.39 is 0 Å². The number of likely N-dealkylation sites (N-methyl/N-ethyl adjacent to an activating group) is 1. The van der Waals surface area contributed by atoms with Gasteiger partial charge in [-0.05, 0) is 38.7 Å². The zero-order valence-corrected chi connectivity index (χ0v) is 10.2. The molecule has 1 heterocycles. The van der Waals surface area contributed by atoms with Gasteiger partial charge in [-0.2, -0.15) is 0 Å². The molecular formula is C13H17FN2O. The van der Waals surface area contributed by atoms with Crippen LogP contribution in [0.1, 0.15) is 16.8 Å². The van der Waals surface area contributed by atoms with Crippen LogP contribution in [0.4, 0.5) is 10.1 Å². The lowest BCUT2D eigenvalue weighted by molar-refractivity contribution is 0.112. The highest BCUT2D eigenvalue weighted by Gasteiger charge is 2.25. The molecule has 1 aliphatic rings. The molecule has 0 amide bonds. The maximum Gasteiger partial charge on any atom is 0.152 e. The van der Waals surface area contributed by atoms with Crippen LogP contribution in [0, 0.1) is 5.82 Å². The van der Waals surface area contributed by atoms with Gasteiger partial charge in [-0.3, -0.25) is 4.79 Å². The van der Waals surface area contributed by atoms with E-state index in [4.69, 9.17) is 0 Å². The minimum atomic E-state index is -0.362. The van der Waals surface area contributed by atoms with Crippen LogP contribution in [0.3, 0.4) is 0 Å². The molecule has 1 saturated heterocycles. The molecule has 0 bridgehead atoms. The van der Waals surface area contributed by atoms with Gasteiger partial charge in [0.05, 0.1) is 0 Å². The smallest absolute Gasteiger partial charge is 0.152 e. The topological polar surface area (TPSA) is 23.6 Å². The average Bonchev–Trinajstić information content (AvgIpc) is 2.78. The van der Waals surface area contributed by atoms with E-state index in [2.05, 4.69) is 23.9 Å². The first-order valence-corrected chi connectivity index (χ1v) is 5.78. The molecule has 1 aromatic rings. The summed E-state index contributed by atoms with van der Waals surface area (Å²) in [6.07, 6.45) is 1.80. The summed E-state index contributed by atoms with van der Waals surface area (Å²) in [7, 11) is 4.11. The Morgan fingerprint density at radius 1 is 1.47 bits per heavy atom. The first kappa shape index (κ1) is 12.0. The molecule has 0 spiro atoms. The third-order valence-electron chi connectivity index (χ3n) is 3.35. The number of aldehydes is 1. The summed E-state index contributed by atoms with van der Waals surface area (Å²) in [6.45, 7) is 1.80. The van der Waals surface area contributed by atoms with Gasteiger partial charge in [0.2, 0.25) is 0 Å². The molecule has 4 heteroatoms. The van der Waals surface area contributed by atoms with Crippen molar-refractivity contribution in [3.63, 3.8) is 0 Å². The van der Waals surface area contributed by atoms with Gasteiger partial charge in [0.15, 0.2) is 6.29 Å². The van der Waals surface area contributed by atoms with Gasteiger partial charge in [0.25, 0.3) is 0 Å². The van der Waals surface area contributed by atoms with Crippen molar-refractivity contribution in [3.05, 3.63) is 29.6 Å². The SMILES string of the molecule is CN(C)[C@@H]1CCN(c2ccc(F)cc2C=O)C1. The summed E-state index contributed by atoms with van der Waals surface area (Å²) < 4.78 is 13.0. The van der Waals surface area contributed by atoms with E-state index in [1.165, 1.54) is 12.1 Å². The molecule has 1 atom stereocenters. The van der Waals surface area contributed by atoms with Crippen LogP contribution < -0.4 is 4.90 Å². The zero-order chi connectivity index (χ0) is 12.4. The van der Waals surface area contributed by atoms with E-state index >= 15 is 0 Å². The second-order valence-electron chi connectivity index (χ2n) is 4.67. The molecule has 0 aromatic heterocycles. The van der Waals surface area contributed by atoms with Crippen molar-refractivity contribution >= 4 is 12.0 Å². The van der Waals surface area contributed by atoms with E-state index in [1.54, 1.807) is 6.07 Å². The summed E-state index contributed by atoms with van der Waals surface area (Å²) in [6, 6.07) is 4.90. The lowest BCUT2D eigenvalue weighted by Crippen LogP contribution is -2.31. The predicted octanol–water partition coefficient (Wildman–Crippen LogP) is 1.78. The molecule has 0 radical (unpaired) electrons. The van der Waals surface area contributed by atoms with Crippen LogP contribution in [0.5, 0.6) is 0 Å². The Bertz CT molecular complexity index is 420. The van der Waals surface area contributed by atoms with Crippen molar-refractivity contribution in [2.75, 3.05) is 32.1 Å². The van der Waals surface area contributed by atoms with Crippen molar-refractivity contribution in [2.45, 2.75) is 12.5 Å². The molecule has 3 nitrogen and oxygen atoms in total. The molecule has 17 heavy (non-hydrogen) atoms. The maximum absolute atomic E-state index is 13.0. The van der Waals surface area contributed by atoms with Crippen LogP contribution in [-0.4, -0.2) is 44.4 Å². The summed E-state index contributed by atoms with van der Waals surface area (Å²) in [5.41, 5.74) is 1.27. The number of anilines is 1. The Morgan fingerprint density at radius 3 is 2.82 bits per heavy atom. The van der Waals surface area contributed by atoms with Crippen molar-refractivity contribution < 1.29 is 9.18 Å². The van der Waals surface area contributed by atoms with E-state index in [9.17, 15) is 9.18 Å². The number of carbonyl (C=O) groups is 1. The van der Waals surface area contributed by atoms with Crippen molar-refractivity contribution in [1.29, 1.82) is 0 Å². The lowest BCUT2D eigenvalue weighted by atomic mass is 10.1. The van der Waals surface area contributed by atoms with E-state index in [0.717, 1.165) is 31.5 Å². The van der Waals surface area contributed by atoms with Gasteiger partial charge >= 0.3 is 0 Å². The van der Waals surface area contributed by atoms with Crippen molar-refractivity contribution in [1.82, 2.24) is 4.90 Å². The second kappa shape index (κ2) is 4.84. The van der Waals surface area contributed by atoms with E-state index in [1.807, 2.05) is 0 Å². The fourth-order valence-electron chi connectivity index (χ4n) is 2.29. The van der Waals surface area contributed by atoms with Gasteiger partial charge in [-0.1, -0.05) is 0 Å². The largest absolute Gasteiger partial charge is 0.369 e. The standard InChI is InChI=1S/C13H17FN2O/c1-15(2)12-5-6-16(8-12)13-4-3-11(14)7-10(13)9-17/h3-4,7,9,12H,5-6,8H2,1-2H3/t12-/m1/s1. The Hall–Kier alpha value is -1.42. The number of halogens is 1. The fraction of sp³-hybridized carbons (Fsp3) is 0.462. The second-order valence-corrected chi connectivity index (χ2v) is 4.67. The highest BCUT2D eigenvalue weighted by molar-refractivity contribution is 5.84. The first-order valence-electron chi connectivity index (χ1n) is 5.78. The maximum atomic E-state index is 13.0. The Labute approximate surface area is 101 Å². The summed E-state index contributed by atoms with van der Waals surface area (Å²) in [5, 5.41) is 0. The highest BCUT2D eigenvalue weighted by Crippen LogP contribution is 2.25. The normalized spacial score (nSPS) is 20.0.